The van der Waals surface area contributed by atoms with Crippen molar-refractivity contribution in [2.75, 3.05) is 0 Å². The first-order valence-electron chi connectivity index (χ1n) is 6.95. The SMILES string of the molecule is CC(=O)N[C@@H](Cc1ccc(F)cc1)C(=O)N[C@@H](CC(=O)O)C(=O)O. The molecule has 0 saturated heterocycles. The normalized spacial score (nSPS) is 12.8. The second-order valence-electron chi connectivity index (χ2n) is 5.08. The number of nitrogens with one attached hydrogen (secondary N) is 2. The van der Waals surface area contributed by atoms with Crippen LogP contribution in [-0.2, 0) is 25.6 Å². The average molecular weight is 340 g/mol. The van der Waals surface area contributed by atoms with E-state index in [9.17, 15) is 23.6 Å². The highest BCUT2D eigenvalue weighted by molar-refractivity contribution is 5.91. The van der Waals surface area contributed by atoms with Crippen LogP contribution in [0.15, 0.2) is 24.3 Å². The van der Waals surface area contributed by atoms with E-state index in [2.05, 4.69) is 10.6 Å². The molecule has 4 N–H and O–H groups in total. The van der Waals surface area contributed by atoms with Crippen molar-refractivity contribution >= 4 is 23.8 Å². The van der Waals surface area contributed by atoms with Crippen molar-refractivity contribution < 1.29 is 33.8 Å². The van der Waals surface area contributed by atoms with Crippen LogP contribution in [0.3, 0.4) is 0 Å². The van der Waals surface area contributed by atoms with E-state index in [1.807, 2.05) is 0 Å². The fourth-order valence-corrected chi connectivity index (χ4v) is 1.96. The highest BCUT2D eigenvalue weighted by Crippen LogP contribution is 2.07. The molecular weight excluding hydrogens is 323 g/mol. The maximum Gasteiger partial charge on any atom is 0.326 e. The molecule has 0 spiro atoms. The molecule has 1 aromatic rings. The van der Waals surface area contributed by atoms with Gasteiger partial charge in [0.05, 0.1) is 6.42 Å². The predicted octanol–water partition coefficient (Wildman–Crippen LogP) is -0.0830. The summed E-state index contributed by atoms with van der Waals surface area (Å²) in [6.45, 7) is 1.18. The van der Waals surface area contributed by atoms with Crippen LogP contribution in [0.25, 0.3) is 0 Å². The van der Waals surface area contributed by atoms with Crippen molar-refractivity contribution in [2.24, 2.45) is 0 Å². The largest absolute Gasteiger partial charge is 0.481 e. The molecule has 0 saturated carbocycles. The van der Waals surface area contributed by atoms with Crippen LogP contribution in [0.1, 0.15) is 18.9 Å². The van der Waals surface area contributed by atoms with Crippen LogP contribution in [-0.4, -0.2) is 46.0 Å². The number of carboxylic acid groups (broad SMARTS) is 2. The number of carbonyl (C=O) groups excluding carboxylic acids is 2. The monoisotopic (exact) mass is 340 g/mol. The second kappa shape index (κ2) is 8.61. The number of halogens is 1. The summed E-state index contributed by atoms with van der Waals surface area (Å²) < 4.78 is 12.9. The smallest absolute Gasteiger partial charge is 0.326 e. The van der Waals surface area contributed by atoms with Crippen molar-refractivity contribution in [1.29, 1.82) is 0 Å². The zero-order valence-corrected chi connectivity index (χ0v) is 12.8. The summed E-state index contributed by atoms with van der Waals surface area (Å²) in [6.07, 6.45) is -0.810. The van der Waals surface area contributed by atoms with E-state index in [-0.39, 0.29) is 6.42 Å². The summed E-state index contributed by atoms with van der Waals surface area (Å²) in [5.41, 5.74) is 0.537. The lowest BCUT2D eigenvalue weighted by atomic mass is 10.0. The first-order chi connectivity index (χ1) is 11.2. The minimum absolute atomic E-state index is 0.00883. The molecule has 130 valence electrons. The van der Waals surface area contributed by atoms with Crippen LogP contribution >= 0.6 is 0 Å². The Morgan fingerprint density at radius 3 is 2.08 bits per heavy atom. The van der Waals surface area contributed by atoms with Gasteiger partial charge in [0.15, 0.2) is 0 Å². The number of aliphatic carboxylic acids is 2. The minimum atomic E-state index is -1.63. The van der Waals surface area contributed by atoms with E-state index in [0.29, 0.717) is 5.56 Å². The summed E-state index contributed by atoms with van der Waals surface area (Å²) in [7, 11) is 0. The molecule has 0 aromatic heterocycles. The van der Waals surface area contributed by atoms with Crippen molar-refractivity contribution in [1.82, 2.24) is 10.6 Å². The fourth-order valence-electron chi connectivity index (χ4n) is 1.96. The molecule has 2 atom stereocenters. The highest BCUT2D eigenvalue weighted by Gasteiger charge is 2.27. The minimum Gasteiger partial charge on any atom is -0.481 e. The van der Waals surface area contributed by atoms with Crippen LogP contribution in [0.4, 0.5) is 4.39 Å². The lowest BCUT2D eigenvalue weighted by molar-refractivity contribution is -0.147. The van der Waals surface area contributed by atoms with Gasteiger partial charge in [-0.25, -0.2) is 9.18 Å². The maximum atomic E-state index is 12.9. The Kier molecular flexibility index (Phi) is 6.84. The fraction of sp³-hybridized carbons (Fsp3) is 0.333. The zero-order valence-electron chi connectivity index (χ0n) is 12.8. The Bertz CT molecular complexity index is 631. The zero-order chi connectivity index (χ0) is 18.3. The molecule has 2 amide bonds. The first-order valence-corrected chi connectivity index (χ1v) is 6.95. The van der Waals surface area contributed by atoms with Crippen LogP contribution in [0, 0.1) is 5.82 Å². The topological polar surface area (TPSA) is 133 Å². The van der Waals surface area contributed by atoms with Crippen molar-refractivity contribution in [3.63, 3.8) is 0 Å². The lowest BCUT2D eigenvalue weighted by Gasteiger charge is -2.20. The summed E-state index contributed by atoms with van der Waals surface area (Å²) >= 11 is 0. The number of carboxylic acids is 2. The third-order valence-corrected chi connectivity index (χ3v) is 3.04. The summed E-state index contributed by atoms with van der Waals surface area (Å²) in [5, 5.41) is 22.1. The van der Waals surface area contributed by atoms with E-state index in [0.717, 1.165) is 0 Å². The Labute approximate surface area is 136 Å². The Hall–Kier alpha value is -2.97. The molecule has 0 aliphatic rings. The molecule has 1 aromatic carbocycles. The second-order valence-corrected chi connectivity index (χ2v) is 5.08. The van der Waals surface area contributed by atoms with Crippen LogP contribution in [0.5, 0.6) is 0 Å². The van der Waals surface area contributed by atoms with Gasteiger partial charge in [0.2, 0.25) is 11.8 Å². The Morgan fingerprint density at radius 1 is 1.04 bits per heavy atom. The molecular formula is C15H17FN2O6. The summed E-state index contributed by atoms with van der Waals surface area (Å²) in [6, 6.07) is 2.46. The summed E-state index contributed by atoms with van der Waals surface area (Å²) in [5.74, 6) is -4.73. The molecule has 9 heteroatoms. The molecule has 0 aliphatic heterocycles. The Balaban J connectivity index is 2.87. The van der Waals surface area contributed by atoms with Gasteiger partial charge in [-0.05, 0) is 17.7 Å². The number of rotatable bonds is 8. The van der Waals surface area contributed by atoms with Gasteiger partial charge in [-0.2, -0.15) is 0 Å². The van der Waals surface area contributed by atoms with Crippen LogP contribution < -0.4 is 10.6 Å². The predicted molar refractivity (Wildman–Crippen MR) is 79.5 cm³/mol. The highest BCUT2D eigenvalue weighted by atomic mass is 19.1. The standard InChI is InChI=1S/C15H17FN2O6/c1-8(19)17-11(6-9-2-4-10(16)5-3-9)14(22)18-12(15(23)24)7-13(20)21/h2-5,11-12H,6-7H2,1H3,(H,17,19)(H,18,22)(H,20,21)(H,23,24)/t11-,12-/m0/s1. The van der Waals surface area contributed by atoms with E-state index in [1.165, 1.54) is 31.2 Å². The molecule has 0 heterocycles. The van der Waals surface area contributed by atoms with Gasteiger partial charge in [-0.3, -0.25) is 14.4 Å². The van der Waals surface area contributed by atoms with Gasteiger partial charge in [-0.1, -0.05) is 12.1 Å². The third kappa shape index (κ3) is 6.42. The van der Waals surface area contributed by atoms with E-state index < -0.39 is 48.1 Å². The van der Waals surface area contributed by atoms with Gasteiger partial charge in [0, 0.05) is 13.3 Å². The number of amides is 2. The van der Waals surface area contributed by atoms with E-state index in [4.69, 9.17) is 10.2 Å². The number of hydrogen-bond donors (Lipinski definition) is 4. The van der Waals surface area contributed by atoms with E-state index >= 15 is 0 Å². The van der Waals surface area contributed by atoms with Gasteiger partial charge in [-0.15, -0.1) is 0 Å². The van der Waals surface area contributed by atoms with Crippen LogP contribution in [0.2, 0.25) is 0 Å². The molecule has 0 fully saturated rings. The number of hydrogen-bond acceptors (Lipinski definition) is 4. The molecule has 8 nitrogen and oxygen atoms in total. The summed E-state index contributed by atoms with van der Waals surface area (Å²) in [4.78, 5) is 45.1. The number of carbonyl (C=O) groups is 4. The van der Waals surface area contributed by atoms with Crippen molar-refractivity contribution in [3.05, 3.63) is 35.6 Å². The number of benzene rings is 1. The van der Waals surface area contributed by atoms with Crippen molar-refractivity contribution in [2.45, 2.75) is 31.8 Å². The molecule has 0 radical (unpaired) electrons. The third-order valence-electron chi connectivity index (χ3n) is 3.04. The quantitative estimate of drug-likeness (QED) is 0.523. The molecule has 0 unspecified atom stereocenters. The lowest BCUT2D eigenvalue weighted by Crippen LogP contribution is -2.52. The van der Waals surface area contributed by atoms with E-state index in [1.54, 1.807) is 0 Å². The van der Waals surface area contributed by atoms with Gasteiger partial charge in [0.1, 0.15) is 17.9 Å². The molecule has 0 aliphatic carbocycles. The van der Waals surface area contributed by atoms with Gasteiger partial charge in [0.25, 0.3) is 0 Å². The molecule has 24 heavy (non-hydrogen) atoms. The Morgan fingerprint density at radius 2 is 1.62 bits per heavy atom. The molecule has 0 bridgehead atoms. The molecule has 1 rings (SSSR count). The first kappa shape index (κ1) is 19.1. The van der Waals surface area contributed by atoms with Gasteiger partial charge >= 0.3 is 11.9 Å². The average Bonchev–Trinajstić information content (AvgIpc) is 2.47. The van der Waals surface area contributed by atoms with Gasteiger partial charge < -0.3 is 20.8 Å². The van der Waals surface area contributed by atoms with Crippen molar-refractivity contribution in [3.8, 4) is 0 Å². The maximum absolute atomic E-state index is 12.9.